The maximum Gasteiger partial charge on any atom is 0.280 e. The number of rotatable bonds is 2. The molecule has 0 saturated carbocycles. The molecule has 28 heavy (non-hydrogen) atoms. The predicted molar refractivity (Wildman–Crippen MR) is 104 cm³/mol. The molecule has 2 aliphatic heterocycles. The zero-order valence-electron chi connectivity index (χ0n) is 15.6. The topological polar surface area (TPSA) is 69.5 Å². The maximum atomic E-state index is 13.2. The molecule has 0 radical (unpaired) electrons. The van der Waals surface area contributed by atoms with Gasteiger partial charge in [0.25, 0.3) is 5.91 Å². The number of carbonyl (C=O) groups excluding carboxylic acids is 1. The molecule has 2 aliphatic rings. The second-order valence-electron chi connectivity index (χ2n) is 6.95. The first-order valence-electron chi connectivity index (χ1n) is 9.44. The van der Waals surface area contributed by atoms with E-state index in [-0.39, 0.29) is 5.91 Å². The molecule has 1 aromatic heterocycles. The zero-order valence-corrected chi connectivity index (χ0v) is 15.6. The van der Waals surface area contributed by atoms with E-state index in [1.54, 1.807) is 4.68 Å². The summed E-state index contributed by atoms with van der Waals surface area (Å²) in [5, 5.41) is 8.43. The van der Waals surface area contributed by atoms with Crippen LogP contribution in [-0.2, 0) is 6.42 Å². The van der Waals surface area contributed by atoms with E-state index in [0.29, 0.717) is 42.6 Å². The minimum Gasteiger partial charge on any atom is -0.486 e. The molecule has 7 heteroatoms. The molecular weight excluding hydrogens is 356 g/mol. The number of amides is 1. The molecule has 2 aromatic carbocycles. The Morgan fingerprint density at radius 1 is 1.07 bits per heavy atom. The van der Waals surface area contributed by atoms with E-state index in [2.05, 4.69) is 16.4 Å². The summed E-state index contributed by atoms with van der Waals surface area (Å²) in [4.78, 5) is 15.0. The van der Waals surface area contributed by atoms with Gasteiger partial charge in [0.1, 0.15) is 13.2 Å². The predicted octanol–water partition coefficient (Wildman–Crippen LogP) is 2.94. The Balaban J connectivity index is 1.49. The molecule has 0 aliphatic carbocycles. The summed E-state index contributed by atoms with van der Waals surface area (Å²) in [6, 6.07) is 13.6. The number of nitrogens with zero attached hydrogens (tertiary/aromatic N) is 4. The minimum absolute atomic E-state index is 0.117. The molecule has 0 unspecified atom stereocenters. The van der Waals surface area contributed by atoms with Gasteiger partial charge in [0.15, 0.2) is 17.2 Å². The molecule has 0 fully saturated rings. The first-order chi connectivity index (χ1) is 13.7. The van der Waals surface area contributed by atoms with Crippen LogP contribution in [-0.4, -0.2) is 40.7 Å². The van der Waals surface area contributed by atoms with Crippen molar-refractivity contribution >= 4 is 11.6 Å². The highest BCUT2D eigenvalue weighted by molar-refractivity contribution is 6.06. The van der Waals surface area contributed by atoms with E-state index < -0.39 is 0 Å². The van der Waals surface area contributed by atoms with Gasteiger partial charge in [0.2, 0.25) is 0 Å². The number of aryl methyl sites for hydroxylation is 1. The summed E-state index contributed by atoms with van der Waals surface area (Å²) < 4.78 is 12.9. The summed E-state index contributed by atoms with van der Waals surface area (Å²) in [6.45, 7) is 3.61. The van der Waals surface area contributed by atoms with E-state index in [0.717, 1.165) is 24.2 Å². The molecule has 0 N–H and O–H groups in total. The Labute approximate surface area is 162 Å². The van der Waals surface area contributed by atoms with Crippen molar-refractivity contribution in [2.75, 3.05) is 24.7 Å². The van der Waals surface area contributed by atoms with Crippen molar-refractivity contribution in [3.05, 3.63) is 59.4 Å². The molecule has 0 spiro atoms. The van der Waals surface area contributed by atoms with Crippen LogP contribution in [0.1, 0.15) is 28.2 Å². The fraction of sp³-hybridized carbons (Fsp3) is 0.286. The van der Waals surface area contributed by atoms with Gasteiger partial charge in [-0.25, -0.2) is 4.68 Å². The lowest BCUT2D eigenvalue weighted by Crippen LogP contribution is -2.36. The Hall–Kier alpha value is -3.35. The molecule has 0 saturated heterocycles. The minimum atomic E-state index is -0.117. The van der Waals surface area contributed by atoms with Gasteiger partial charge in [0.05, 0.1) is 11.4 Å². The highest BCUT2D eigenvalue weighted by atomic mass is 16.6. The number of para-hydroxylation sites is 1. The number of ether oxygens (including phenoxy) is 2. The van der Waals surface area contributed by atoms with Gasteiger partial charge in [-0.2, -0.15) is 0 Å². The number of fused-ring (bicyclic) bond motifs is 2. The number of aromatic nitrogens is 3. The third kappa shape index (κ3) is 2.70. The van der Waals surface area contributed by atoms with Crippen molar-refractivity contribution in [3.8, 4) is 17.2 Å². The summed E-state index contributed by atoms with van der Waals surface area (Å²) in [5.74, 6) is 1.28. The quantitative estimate of drug-likeness (QED) is 0.688. The van der Waals surface area contributed by atoms with Crippen molar-refractivity contribution in [1.82, 2.24) is 15.0 Å². The fourth-order valence-corrected chi connectivity index (χ4v) is 3.81. The van der Waals surface area contributed by atoms with E-state index in [4.69, 9.17) is 9.47 Å². The Morgan fingerprint density at radius 2 is 1.89 bits per heavy atom. The van der Waals surface area contributed by atoms with Gasteiger partial charge < -0.3 is 14.4 Å². The lowest BCUT2D eigenvalue weighted by molar-refractivity contribution is 0.0979. The number of hydrogen-bond donors (Lipinski definition) is 0. The van der Waals surface area contributed by atoms with Crippen molar-refractivity contribution in [1.29, 1.82) is 0 Å². The van der Waals surface area contributed by atoms with Crippen LogP contribution < -0.4 is 14.4 Å². The highest BCUT2D eigenvalue weighted by Gasteiger charge is 2.27. The molecule has 0 bridgehead atoms. The molecule has 0 atom stereocenters. The van der Waals surface area contributed by atoms with Crippen LogP contribution in [0.4, 0.5) is 5.69 Å². The molecule has 1 amide bonds. The van der Waals surface area contributed by atoms with Crippen LogP contribution in [0.15, 0.2) is 42.5 Å². The van der Waals surface area contributed by atoms with Crippen LogP contribution in [0, 0.1) is 6.92 Å². The SMILES string of the molecule is Cc1c(C(=O)N2CCCc3ccccc32)nnn1-c1ccc2c(c1)OCCO2. The molecule has 142 valence electrons. The van der Waals surface area contributed by atoms with Crippen LogP contribution in [0.25, 0.3) is 5.69 Å². The summed E-state index contributed by atoms with van der Waals surface area (Å²) in [7, 11) is 0. The Bertz CT molecular complexity index is 1060. The highest BCUT2D eigenvalue weighted by Crippen LogP contribution is 2.33. The summed E-state index contributed by atoms with van der Waals surface area (Å²) >= 11 is 0. The zero-order chi connectivity index (χ0) is 19.1. The van der Waals surface area contributed by atoms with Gasteiger partial charge in [0, 0.05) is 18.3 Å². The van der Waals surface area contributed by atoms with E-state index in [1.807, 2.05) is 48.2 Å². The van der Waals surface area contributed by atoms with E-state index in [1.165, 1.54) is 5.56 Å². The second-order valence-corrected chi connectivity index (χ2v) is 6.95. The lowest BCUT2D eigenvalue weighted by atomic mass is 10.0. The standard InChI is InChI=1S/C21H20N4O3/c1-14-20(21(26)24-10-4-6-15-5-2-3-7-17(15)24)22-23-25(14)16-8-9-18-19(13-16)28-12-11-27-18/h2-3,5,7-9,13H,4,6,10-12H2,1H3. The number of anilines is 1. The summed E-state index contributed by atoms with van der Waals surface area (Å²) in [6.07, 6.45) is 1.93. The Kier molecular flexibility index (Phi) is 4.00. The number of hydrogen-bond acceptors (Lipinski definition) is 5. The summed E-state index contributed by atoms with van der Waals surface area (Å²) in [5.41, 5.74) is 4.01. The van der Waals surface area contributed by atoms with Gasteiger partial charge in [-0.1, -0.05) is 23.4 Å². The third-order valence-corrected chi connectivity index (χ3v) is 5.22. The molecule has 3 heterocycles. The Morgan fingerprint density at radius 3 is 2.79 bits per heavy atom. The molecule has 3 aromatic rings. The number of carbonyl (C=O) groups is 1. The largest absolute Gasteiger partial charge is 0.486 e. The maximum absolute atomic E-state index is 13.2. The number of benzene rings is 2. The molecule has 7 nitrogen and oxygen atoms in total. The van der Waals surface area contributed by atoms with Crippen molar-refractivity contribution in [3.63, 3.8) is 0 Å². The van der Waals surface area contributed by atoms with Crippen LogP contribution in [0.2, 0.25) is 0 Å². The molecule has 5 rings (SSSR count). The van der Waals surface area contributed by atoms with Crippen molar-refractivity contribution < 1.29 is 14.3 Å². The van der Waals surface area contributed by atoms with Crippen LogP contribution >= 0.6 is 0 Å². The van der Waals surface area contributed by atoms with Gasteiger partial charge in [-0.05, 0) is 43.5 Å². The van der Waals surface area contributed by atoms with Gasteiger partial charge in [-0.3, -0.25) is 4.79 Å². The molecular formula is C21H20N4O3. The van der Waals surface area contributed by atoms with Crippen LogP contribution in [0.5, 0.6) is 11.5 Å². The average molecular weight is 376 g/mol. The van der Waals surface area contributed by atoms with E-state index >= 15 is 0 Å². The van der Waals surface area contributed by atoms with Crippen molar-refractivity contribution in [2.45, 2.75) is 19.8 Å². The monoisotopic (exact) mass is 376 g/mol. The normalized spacial score (nSPS) is 15.2. The second kappa shape index (κ2) is 6.67. The lowest BCUT2D eigenvalue weighted by Gasteiger charge is -2.28. The van der Waals surface area contributed by atoms with Crippen LogP contribution in [0.3, 0.4) is 0 Å². The first-order valence-corrected chi connectivity index (χ1v) is 9.44. The fourth-order valence-electron chi connectivity index (χ4n) is 3.81. The average Bonchev–Trinajstić information content (AvgIpc) is 3.13. The first kappa shape index (κ1) is 16.8. The smallest absolute Gasteiger partial charge is 0.280 e. The third-order valence-electron chi connectivity index (χ3n) is 5.22. The van der Waals surface area contributed by atoms with Crippen molar-refractivity contribution in [2.24, 2.45) is 0 Å². The van der Waals surface area contributed by atoms with Gasteiger partial charge >= 0.3 is 0 Å². The van der Waals surface area contributed by atoms with Gasteiger partial charge in [-0.15, -0.1) is 5.10 Å². The van der Waals surface area contributed by atoms with E-state index in [9.17, 15) is 4.79 Å².